The number of aliphatic carboxylic acids is 1. The average Bonchev–Trinajstić information content (AvgIpc) is 2.88. The molecule has 0 radical (unpaired) electrons. The molecule has 10 nitrogen and oxygen atoms in total. The number of phenolic OH excluding ortho intramolecular Hbond substituents is 2. The number of carboxylic acid groups (broad SMARTS) is 1. The van der Waals surface area contributed by atoms with E-state index in [9.17, 15) is 38.1 Å². The molecule has 1 heterocycles. The van der Waals surface area contributed by atoms with Crippen molar-refractivity contribution in [2.24, 2.45) is 11.7 Å². The molecule has 1 aliphatic heterocycles. The van der Waals surface area contributed by atoms with Crippen LogP contribution in [0.5, 0.6) is 11.5 Å². The van der Waals surface area contributed by atoms with Crippen LogP contribution in [-0.2, 0) is 16.1 Å². The molecule has 1 amide bonds. The van der Waals surface area contributed by atoms with Gasteiger partial charge in [0.25, 0.3) is 5.91 Å². The third-order valence-corrected chi connectivity index (χ3v) is 6.86. The van der Waals surface area contributed by atoms with Crippen LogP contribution in [0.2, 0.25) is 0 Å². The number of amides is 1. The summed E-state index contributed by atoms with van der Waals surface area (Å²) < 4.78 is 38.2. The van der Waals surface area contributed by atoms with Gasteiger partial charge in [-0.3, -0.25) is 19.9 Å². The van der Waals surface area contributed by atoms with Crippen LogP contribution in [-0.4, -0.2) is 63.7 Å². The van der Waals surface area contributed by atoms with Gasteiger partial charge in [0, 0.05) is 23.9 Å². The maximum Gasteiger partial charge on any atom is 0.405 e. The van der Waals surface area contributed by atoms with Crippen LogP contribution in [0.1, 0.15) is 55.5 Å². The van der Waals surface area contributed by atoms with Crippen molar-refractivity contribution in [3.63, 3.8) is 0 Å². The Kier molecular flexibility index (Phi) is 9.64. The predicted octanol–water partition coefficient (Wildman–Crippen LogP) is 3.64. The largest absolute Gasteiger partial charge is 0.508 e. The molecule has 0 saturated carbocycles. The molecule has 1 aliphatic rings. The normalized spacial score (nSPS) is 15.6. The fourth-order valence-electron chi connectivity index (χ4n) is 4.61. The first-order valence-corrected chi connectivity index (χ1v) is 12.8. The zero-order valence-corrected chi connectivity index (χ0v) is 22.2. The number of hydrogen-bond donors (Lipinski definition) is 6. The number of carboxylic acids is 1. The van der Waals surface area contributed by atoms with Crippen LogP contribution in [0.25, 0.3) is 0 Å². The van der Waals surface area contributed by atoms with Crippen molar-refractivity contribution in [1.29, 1.82) is 5.41 Å². The second-order valence-electron chi connectivity index (χ2n) is 10.1. The maximum atomic E-state index is 12.7. The minimum atomic E-state index is -4.69. The Balaban J connectivity index is 1.90. The summed E-state index contributed by atoms with van der Waals surface area (Å²) in [5, 5.41) is 40.0. The second-order valence-corrected chi connectivity index (χ2v) is 10.1. The molecule has 0 aliphatic carbocycles. The first-order chi connectivity index (χ1) is 18.7. The van der Waals surface area contributed by atoms with E-state index in [1.54, 1.807) is 43.4 Å². The Morgan fingerprint density at radius 1 is 1.10 bits per heavy atom. The number of anilines is 1. The number of amidine groups is 1. The third-order valence-electron chi connectivity index (χ3n) is 6.86. The molecule has 1 atom stereocenters. The Morgan fingerprint density at radius 2 is 1.68 bits per heavy atom. The van der Waals surface area contributed by atoms with Crippen LogP contribution >= 0.6 is 0 Å². The molecule has 1 saturated heterocycles. The summed E-state index contributed by atoms with van der Waals surface area (Å²) in [6.07, 6.45) is -4.99. The number of carbonyl (C=O) groups excluding carboxylic acids is 1. The quantitative estimate of drug-likeness (QED) is 0.161. The van der Waals surface area contributed by atoms with Gasteiger partial charge in [0.1, 0.15) is 24.2 Å². The van der Waals surface area contributed by atoms with E-state index in [-0.39, 0.29) is 28.8 Å². The van der Waals surface area contributed by atoms with Crippen LogP contribution < -0.4 is 16.0 Å². The molecule has 1 fully saturated rings. The van der Waals surface area contributed by atoms with E-state index in [2.05, 4.69) is 4.90 Å². The summed E-state index contributed by atoms with van der Waals surface area (Å²) in [7, 11) is 0. The molecule has 218 valence electrons. The summed E-state index contributed by atoms with van der Waals surface area (Å²) in [6, 6.07) is 9.08. The monoisotopic (exact) mass is 565 g/mol. The number of hydrogen-bond acceptors (Lipinski definition) is 7. The molecular formula is C27H34F3N5O5. The Hall–Kier alpha value is -3.84. The number of nitrogens with one attached hydrogen (secondary N) is 2. The van der Waals surface area contributed by atoms with Crippen molar-refractivity contribution in [2.75, 3.05) is 24.5 Å². The smallest absolute Gasteiger partial charge is 0.405 e. The lowest BCUT2D eigenvalue weighted by Gasteiger charge is -2.32. The molecule has 13 heteroatoms. The Bertz CT molecular complexity index is 1230. The van der Waals surface area contributed by atoms with Gasteiger partial charge in [-0.2, -0.15) is 13.2 Å². The van der Waals surface area contributed by atoms with E-state index in [1.165, 1.54) is 6.07 Å². The maximum absolute atomic E-state index is 12.7. The van der Waals surface area contributed by atoms with Gasteiger partial charge in [-0.1, -0.05) is 26.0 Å². The molecule has 3 rings (SSSR count). The van der Waals surface area contributed by atoms with Gasteiger partial charge >= 0.3 is 12.1 Å². The standard InChI is InChI=1S/C27H34F3N5O5/c1-15(2)19-11-20(22(37)12-21(19)36)23(31)35(24(32)25(38)33-14-27(28,29)30)18-5-3-16(4-6-18)13-34-9-7-17(8-10-34)26(39)40/h3-6,11-12,15,17,23,32,36-37H,7-10,13-14,31H2,1-2H3,(H,33,38)(H,39,40). The van der Waals surface area contributed by atoms with Crippen molar-refractivity contribution < 1.29 is 38.1 Å². The molecule has 0 aromatic heterocycles. The van der Waals surface area contributed by atoms with E-state index >= 15 is 0 Å². The first kappa shape index (κ1) is 30.7. The van der Waals surface area contributed by atoms with Crippen LogP contribution in [0.4, 0.5) is 18.9 Å². The Morgan fingerprint density at radius 3 is 2.20 bits per heavy atom. The van der Waals surface area contributed by atoms with Gasteiger partial charge in [0.2, 0.25) is 0 Å². The number of likely N-dealkylation sites (tertiary alicyclic amines) is 1. The van der Waals surface area contributed by atoms with E-state index in [4.69, 9.17) is 11.1 Å². The number of phenols is 2. The van der Waals surface area contributed by atoms with E-state index in [0.717, 1.165) is 16.5 Å². The fourth-order valence-corrected chi connectivity index (χ4v) is 4.61. The molecule has 0 bridgehead atoms. The number of carbonyl (C=O) groups is 2. The number of nitrogens with two attached hydrogens (primary N) is 1. The van der Waals surface area contributed by atoms with Crippen LogP contribution in [0, 0.1) is 11.3 Å². The Labute approximate surface area is 229 Å². The number of rotatable bonds is 8. The summed E-state index contributed by atoms with van der Waals surface area (Å²) in [6.45, 7) is 3.70. The summed E-state index contributed by atoms with van der Waals surface area (Å²) in [4.78, 5) is 26.9. The highest BCUT2D eigenvalue weighted by molar-refractivity contribution is 6.41. The number of benzene rings is 2. The molecule has 1 unspecified atom stereocenters. The van der Waals surface area contributed by atoms with Gasteiger partial charge in [0.15, 0.2) is 5.84 Å². The summed E-state index contributed by atoms with van der Waals surface area (Å²) >= 11 is 0. The minimum absolute atomic E-state index is 0.0558. The summed E-state index contributed by atoms with van der Waals surface area (Å²) in [5.41, 5.74) is 7.99. The number of nitrogens with zero attached hydrogens (tertiary/aromatic N) is 2. The van der Waals surface area contributed by atoms with Gasteiger partial charge in [-0.15, -0.1) is 0 Å². The van der Waals surface area contributed by atoms with E-state index in [0.29, 0.717) is 38.0 Å². The lowest BCUT2D eigenvalue weighted by molar-refractivity contribution is -0.143. The number of halogens is 3. The molecule has 2 aromatic rings. The average molecular weight is 566 g/mol. The molecule has 2 aromatic carbocycles. The second kappa shape index (κ2) is 12.6. The van der Waals surface area contributed by atoms with Gasteiger partial charge < -0.3 is 31.3 Å². The molecule has 7 N–H and O–H groups in total. The minimum Gasteiger partial charge on any atom is -0.508 e. The topological polar surface area (TPSA) is 163 Å². The molecule has 40 heavy (non-hydrogen) atoms. The van der Waals surface area contributed by atoms with Crippen molar-refractivity contribution in [3.8, 4) is 11.5 Å². The summed E-state index contributed by atoms with van der Waals surface area (Å²) in [5.74, 6) is -4.12. The fraction of sp³-hybridized carbons (Fsp3) is 0.444. The SMILES string of the molecule is CC(C)c1cc(C(N)N(C(=N)C(=O)NCC(F)(F)F)c2ccc(CN3CCC(C(=O)O)CC3)cc2)c(O)cc1O. The number of alkyl halides is 3. The zero-order chi connectivity index (χ0) is 29.8. The molecule has 0 spiro atoms. The van der Waals surface area contributed by atoms with E-state index in [1.807, 2.05) is 0 Å². The third kappa shape index (κ3) is 7.63. The van der Waals surface area contributed by atoms with E-state index < -0.39 is 42.3 Å². The van der Waals surface area contributed by atoms with Crippen molar-refractivity contribution in [2.45, 2.75) is 51.5 Å². The highest BCUT2D eigenvalue weighted by Crippen LogP contribution is 2.37. The van der Waals surface area contributed by atoms with Gasteiger partial charge in [-0.25, -0.2) is 0 Å². The van der Waals surface area contributed by atoms with Gasteiger partial charge in [-0.05, 0) is 61.2 Å². The van der Waals surface area contributed by atoms with Crippen LogP contribution in [0.15, 0.2) is 36.4 Å². The van der Waals surface area contributed by atoms with Crippen molar-refractivity contribution in [3.05, 3.63) is 53.1 Å². The first-order valence-electron chi connectivity index (χ1n) is 12.8. The number of aromatic hydroxyl groups is 2. The molecular weight excluding hydrogens is 531 g/mol. The highest BCUT2D eigenvalue weighted by atomic mass is 19.4. The lowest BCUT2D eigenvalue weighted by Crippen LogP contribution is -2.48. The lowest BCUT2D eigenvalue weighted by atomic mass is 9.96. The van der Waals surface area contributed by atoms with Gasteiger partial charge in [0.05, 0.1) is 5.92 Å². The van der Waals surface area contributed by atoms with Crippen LogP contribution in [0.3, 0.4) is 0 Å². The number of piperidine rings is 1. The zero-order valence-electron chi connectivity index (χ0n) is 22.2. The van der Waals surface area contributed by atoms with Crippen molar-refractivity contribution >= 4 is 23.4 Å². The predicted molar refractivity (Wildman–Crippen MR) is 142 cm³/mol. The highest BCUT2D eigenvalue weighted by Gasteiger charge is 2.32. The van der Waals surface area contributed by atoms with Crippen molar-refractivity contribution in [1.82, 2.24) is 10.2 Å².